The van der Waals surface area contributed by atoms with Crippen LogP contribution in [0.15, 0.2) is 30.3 Å². The molecule has 1 aromatic carbocycles. The predicted molar refractivity (Wildman–Crippen MR) is 85.8 cm³/mol. The van der Waals surface area contributed by atoms with Crippen molar-refractivity contribution in [3.8, 4) is 22.9 Å². The highest BCUT2D eigenvalue weighted by molar-refractivity contribution is 7.03. The van der Waals surface area contributed by atoms with E-state index in [0.29, 0.717) is 0 Å². The van der Waals surface area contributed by atoms with Crippen molar-refractivity contribution < 1.29 is 10.2 Å². The standard InChI is InChI=1S/C17H22O2Si/c1-16(2,18)11-13-20(5,14-12-17(3,4)19)15-9-7-6-8-10-15/h6-10,18-19H,1-5H3. The molecule has 0 fully saturated rings. The Balaban J connectivity index is 3.33. The van der Waals surface area contributed by atoms with Crippen LogP contribution in [0.5, 0.6) is 0 Å². The SMILES string of the molecule is CC(C)(O)C#C[Si](C)(C#CC(C)(C)O)c1ccccc1. The Hall–Kier alpha value is -1.52. The summed E-state index contributed by atoms with van der Waals surface area (Å²) in [6.07, 6.45) is 0. The van der Waals surface area contributed by atoms with Gasteiger partial charge in [-0.3, -0.25) is 0 Å². The summed E-state index contributed by atoms with van der Waals surface area (Å²) in [5.74, 6) is 5.76. The summed E-state index contributed by atoms with van der Waals surface area (Å²) in [4.78, 5) is 0. The Kier molecular flexibility index (Phi) is 4.84. The van der Waals surface area contributed by atoms with E-state index < -0.39 is 19.3 Å². The third-order valence-corrected chi connectivity index (χ3v) is 5.33. The molecule has 0 aliphatic heterocycles. The zero-order chi connectivity index (χ0) is 15.4. The molecule has 0 heterocycles. The molecular formula is C17H22O2Si. The molecule has 2 nitrogen and oxygen atoms in total. The molecule has 2 N–H and O–H groups in total. The lowest BCUT2D eigenvalue weighted by molar-refractivity contribution is 0.143. The van der Waals surface area contributed by atoms with E-state index in [4.69, 9.17) is 0 Å². The van der Waals surface area contributed by atoms with Crippen LogP contribution in [0.3, 0.4) is 0 Å². The minimum Gasteiger partial charge on any atom is -0.378 e. The van der Waals surface area contributed by atoms with Crippen LogP contribution in [0.25, 0.3) is 0 Å². The molecule has 0 aliphatic rings. The van der Waals surface area contributed by atoms with Crippen molar-refractivity contribution in [3.63, 3.8) is 0 Å². The van der Waals surface area contributed by atoms with Gasteiger partial charge < -0.3 is 10.2 Å². The van der Waals surface area contributed by atoms with Crippen molar-refractivity contribution in [3.05, 3.63) is 30.3 Å². The molecule has 0 spiro atoms. The first-order valence-corrected chi connectivity index (χ1v) is 9.11. The molecule has 0 aliphatic carbocycles. The number of aliphatic hydroxyl groups is 2. The second kappa shape index (κ2) is 5.85. The molecule has 0 bridgehead atoms. The average Bonchev–Trinajstić information content (AvgIpc) is 2.33. The number of benzene rings is 1. The Morgan fingerprint density at radius 1 is 0.850 bits per heavy atom. The van der Waals surface area contributed by atoms with Gasteiger partial charge in [0, 0.05) is 0 Å². The monoisotopic (exact) mass is 286 g/mol. The highest BCUT2D eigenvalue weighted by Gasteiger charge is 2.27. The first kappa shape index (κ1) is 16.5. The van der Waals surface area contributed by atoms with E-state index in [1.807, 2.05) is 36.9 Å². The minimum atomic E-state index is -2.39. The van der Waals surface area contributed by atoms with E-state index in [9.17, 15) is 10.2 Å². The minimum absolute atomic E-state index is 1.04. The van der Waals surface area contributed by atoms with Gasteiger partial charge in [0.15, 0.2) is 0 Å². The predicted octanol–water partition coefficient (Wildman–Crippen LogP) is 1.60. The van der Waals surface area contributed by atoms with Gasteiger partial charge in [-0.05, 0) is 39.4 Å². The summed E-state index contributed by atoms with van der Waals surface area (Å²) < 4.78 is 0. The van der Waals surface area contributed by atoms with Gasteiger partial charge in [0.05, 0.1) is 0 Å². The van der Waals surface area contributed by atoms with Crippen LogP contribution in [-0.2, 0) is 0 Å². The van der Waals surface area contributed by atoms with Gasteiger partial charge in [0.1, 0.15) is 11.2 Å². The fourth-order valence-electron chi connectivity index (χ4n) is 1.50. The van der Waals surface area contributed by atoms with Crippen molar-refractivity contribution in [2.45, 2.75) is 45.4 Å². The summed E-state index contributed by atoms with van der Waals surface area (Å²) in [5, 5.41) is 20.7. The van der Waals surface area contributed by atoms with Gasteiger partial charge in [-0.25, -0.2) is 0 Å². The summed E-state index contributed by atoms with van der Waals surface area (Å²) in [7, 11) is -2.39. The van der Waals surface area contributed by atoms with Crippen LogP contribution in [0.1, 0.15) is 27.7 Å². The molecule has 0 saturated carbocycles. The van der Waals surface area contributed by atoms with Crippen LogP contribution >= 0.6 is 0 Å². The van der Waals surface area contributed by atoms with Crippen LogP contribution in [0.4, 0.5) is 0 Å². The second-order valence-electron chi connectivity index (χ2n) is 6.11. The van der Waals surface area contributed by atoms with Crippen LogP contribution < -0.4 is 5.19 Å². The fourth-order valence-corrected chi connectivity index (χ4v) is 3.83. The van der Waals surface area contributed by atoms with Crippen molar-refractivity contribution in [2.24, 2.45) is 0 Å². The zero-order valence-electron chi connectivity index (χ0n) is 12.8. The third kappa shape index (κ3) is 5.63. The Bertz CT molecular complexity index is 537. The van der Waals surface area contributed by atoms with Crippen LogP contribution in [-0.4, -0.2) is 29.5 Å². The molecule has 0 aromatic heterocycles. The number of hydrogen-bond donors (Lipinski definition) is 2. The molecule has 0 unspecified atom stereocenters. The first-order chi connectivity index (χ1) is 9.02. The van der Waals surface area contributed by atoms with E-state index in [-0.39, 0.29) is 0 Å². The van der Waals surface area contributed by atoms with Crippen molar-refractivity contribution in [2.75, 3.05) is 0 Å². The van der Waals surface area contributed by atoms with Gasteiger partial charge in [0.25, 0.3) is 0 Å². The lowest BCUT2D eigenvalue weighted by Gasteiger charge is -2.17. The molecule has 0 atom stereocenters. The lowest BCUT2D eigenvalue weighted by Crippen LogP contribution is -2.43. The van der Waals surface area contributed by atoms with Gasteiger partial charge in [-0.1, -0.05) is 42.2 Å². The van der Waals surface area contributed by atoms with Gasteiger partial charge in [-0.15, -0.1) is 11.1 Å². The quantitative estimate of drug-likeness (QED) is 0.608. The normalized spacial score (nSPS) is 11.9. The van der Waals surface area contributed by atoms with E-state index in [1.54, 1.807) is 27.7 Å². The van der Waals surface area contributed by atoms with E-state index >= 15 is 0 Å². The van der Waals surface area contributed by atoms with Crippen LogP contribution in [0.2, 0.25) is 6.55 Å². The maximum atomic E-state index is 9.81. The van der Waals surface area contributed by atoms with Crippen LogP contribution in [0, 0.1) is 22.9 Å². The van der Waals surface area contributed by atoms with E-state index in [1.165, 1.54) is 0 Å². The number of rotatable bonds is 1. The smallest absolute Gasteiger partial charge is 0.243 e. The molecule has 0 saturated heterocycles. The highest BCUT2D eigenvalue weighted by Crippen LogP contribution is 2.06. The molecule has 0 radical (unpaired) electrons. The summed E-state index contributed by atoms with van der Waals surface area (Å²) in [5.41, 5.74) is 4.27. The molecule has 0 amide bonds. The summed E-state index contributed by atoms with van der Waals surface area (Å²) in [6.45, 7) is 8.65. The van der Waals surface area contributed by atoms with Crippen molar-refractivity contribution in [1.29, 1.82) is 0 Å². The largest absolute Gasteiger partial charge is 0.378 e. The molecule has 1 aromatic rings. The Morgan fingerprint density at radius 3 is 1.60 bits per heavy atom. The maximum absolute atomic E-state index is 9.81. The molecule has 106 valence electrons. The van der Waals surface area contributed by atoms with Gasteiger partial charge in [-0.2, -0.15) is 0 Å². The van der Waals surface area contributed by atoms with Crippen molar-refractivity contribution in [1.82, 2.24) is 0 Å². The molecule has 20 heavy (non-hydrogen) atoms. The summed E-state index contributed by atoms with van der Waals surface area (Å²) in [6, 6.07) is 9.87. The van der Waals surface area contributed by atoms with Crippen molar-refractivity contribution >= 4 is 13.3 Å². The topological polar surface area (TPSA) is 40.5 Å². The molecular weight excluding hydrogens is 264 g/mol. The lowest BCUT2D eigenvalue weighted by atomic mass is 10.2. The van der Waals surface area contributed by atoms with E-state index in [0.717, 1.165) is 5.19 Å². The zero-order valence-corrected chi connectivity index (χ0v) is 13.8. The molecule has 1 rings (SSSR count). The van der Waals surface area contributed by atoms with Gasteiger partial charge >= 0.3 is 0 Å². The highest BCUT2D eigenvalue weighted by atomic mass is 28.3. The number of hydrogen-bond acceptors (Lipinski definition) is 2. The Morgan fingerprint density at radius 2 is 1.25 bits per heavy atom. The Labute approximate surface area is 122 Å². The fraction of sp³-hybridized carbons (Fsp3) is 0.412. The van der Waals surface area contributed by atoms with E-state index in [2.05, 4.69) is 22.9 Å². The maximum Gasteiger partial charge on any atom is 0.243 e. The summed E-state index contributed by atoms with van der Waals surface area (Å²) >= 11 is 0. The average molecular weight is 286 g/mol. The van der Waals surface area contributed by atoms with Gasteiger partial charge in [0.2, 0.25) is 8.07 Å². The third-order valence-electron chi connectivity index (χ3n) is 2.59. The molecule has 3 heteroatoms. The second-order valence-corrected chi connectivity index (χ2v) is 9.44. The first-order valence-electron chi connectivity index (χ1n) is 6.61.